The van der Waals surface area contributed by atoms with E-state index in [0.29, 0.717) is 12.0 Å². The molecule has 3 heteroatoms. The summed E-state index contributed by atoms with van der Waals surface area (Å²) in [6.07, 6.45) is 18.2. The molecule has 0 spiro atoms. The third-order valence-electron chi connectivity index (χ3n) is 8.11. The van der Waals surface area contributed by atoms with Crippen LogP contribution in [0.3, 0.4) is 0 Å². The molecule has 1 N–H and O–H groups in total. The Kier molecular flexibility index (Phi) is 8.85. The van der Waals surface area contributed by atoms with Crippen LogP contribution in [0.2, 0.25) is 0 Å². The molecule has 0 aliphatic heterocycles. The van der Waals surface area contributed by atoms with E-state index >= 15 is 0 Å². The van der Waals surface area contributed by atoms with Crippen LogP contribution in [-0.4, -0.2) is 24.3 Å². The second-order valence-electron chi connectivity index (χ2n) is 10.6. The predicted octanol–water partition coefficient (Wildman–Crippen LogP) is 7.52. The lowest BCUT2D eigenvalue weighted by molar-refractivity contribution is -0.000792. The summed E-state index contributed by atoms with van der Waals surface area (Å²) in [6, 6.07) is 17.7. The SMILES string of the molecule is COC(=O)c1ccccc1/C=C1\CCCC[C@@]1(C)/C=C/C=C/[C@H](O)C1(CC#Cc2ccccc2)CCC1. The van der Waals surface area contributed by atoms with Crippen molar-refractivity contribution in [1.82, 2.24) is 0 Å². The summed E-state index contributed by atoms with van der Waals surface area (Å²) < 4.78 is 4.98. The highest BCUT2D eigenvalue weighted by Gasteiger charge is 2.41. The van der Waals surface area contributed by atoms with Gasteiger partial charge in [-0.25, -0.2) is 4.79 Å². The number of aliphatic hydroxyl groups excluding tert-OH is 1. The highest BCUT2D eigenvalue weighted by atomic mass is 16.5. The van der Waals surface area contributed by atoms with E-state index < -0.39 is 6.10 Å². The van der Waals surface area contributed by atoms with Crippen molar-refractivity contribution < 1.29 is 14.6 Å². The zero-order valence-corrected chi connectivity index (χ0v) is 22.1. The van der Waals surface area contributed by atoms with Crippen molar-refractivity contribution in [3.63, 3.8) is 0 Å². The summed E-state index contributed by atoms with van der Waals surface area (Å²) in [5.41, 5.74) is 3.62. The van der Waals surface area contributed by atoms with Gasteiger partial charge in [-0.05, 0) is 55.9 Å². The fourth-order valence-electron chi connectivity index (χ4n) is 5.48. The van der Waals surface area contributed by atoms with Gasteiger partial charge in [-0.3, -0.25) is 0 Å². The van der Waals surface area contributed by atoms with E-state index in [9.17, 15) is 9.90 Å². The second kappa shape index (κ2) is 12.3. The minimum absolute atomic E-state index is 0.0912. The first kappa shape index (κ1) is 26.7. The van der Waals surface area contributed by atoms with Gasteiger partial charge in [-0.2, -0.15) is 0 Å². The molecule has 0 unspecified atom stereocenters. The van der Waals surface area contributed by atoms with Gasteiger partial charge in [0.15, 0.2) is 0 Å². The molecule has 2 aromatic rings. The Balaban J connectivity index is 1.46. The normalized spacial score (nSPS) is 22.8. The van der Waals surface area contributed by atoms with Crippen LogP contribution < -0.4 is 0 Å². The molecule has 0 radical (unpaired) electrons. The minimum atomic E-state index is -0.503. The van der Waals surface area contributed by atoms with Gasteiger partial charge in [-0.15, -0.1) is 0 Å². The van der Waals surface area contributed by atoms with Crippen LogP contribution in [0.15, 0.2) is 84.5 Å². The van der Waals surface area contributed by atoms with E-state index in [1.165, 1.54) is 19.1 Å². The van der Waals surface area contributed by atoms with E-state index in [-0.39, 0.29) is 16.8 Å². The second-order valence-corrected chi connectivity index (χ2v) is 10.6. The van der Waals surface area contributed by atoms with Gasteiger partial charge < -0.3 is 9.84 Å². The van der Waals surface area contributed by atoms with Crippen LogP contribution in [0.1, 0.15) is 79.8 Å². The number of benzene rings is 2. The molecule has 3 nitrogen and oxygen atoms in total. The molecule has 2 fully saturated rings. The molecule has 2 atom stereocenters. The van der Waals surface area contributed by atoms with Crippen molar-refractivity contribution in [3.8, 4) is 11.8 Å². The largest absolute Gasteiger partial charge is 0.465 e. The molecular formula is C34H38O3. The first-order chi connectivity index (χ1) is 18.0. The third-order valence-corrected chi connectivity index (χ3v) is 8.11. The standard InChI is InChI=1S/C34H38O3/c1-33(21-10-8-18-29(33)26-28-17-6-7-19-30(28)32(36)37-2)22-11-9-20-31(35)34(24-13-25-34)23-12-16-27-14-4-3-5-15-27/h3-7,9,11,14-15,17,19-20,22,26,31,35H,8,10,13,18,21,23-25H2,1-2H3/b20-9+,22-11+,29-26+/t31-,33-/m0/s1. The smallest absolute Gasteiger partial charge is 0.338 e. The van der Waals surface area contributed by atoms with Crippen molar-refractivity contribution in [3.05, 3.63) is 101 Å². The molecular weight excluding hydrogens is 456 g/mol. The van der Waals surface area contributed by atoms with Crippen molar-refractivity contribution in [2.75, 3.05) is 7.11 Å². The quantitative estimate of drug-likeness (QED) is 0.246. The fourth-order valence-corrected chi connectivity index (χ4v) is 5.48. The number of hydrogen-bond donors (Lipinski definition) is 1. The van der Waals surface area contributed by atoms with Crippen LogP contribution >= 0.6 is 0 Å². The highest BCUT2D eigenvalue weighted by Crippen LogP contribution is 2.47. The van der Waals surface area contributed by atoms with Gasteiger partial charge in [0, 0.05) is 22.8 Å². The molecule has 0 aromatic heterocycles. The molecule has 2 aliphatic carbocycles. The average Bonchev–Trinajstić information content (AvgIpc) is 2.90. The fraction of sp³-hybridized carbons (Fsp3) is 0.382. The van der Waals surface area contributed by atoms with Crippen molar-refractivity contribution in [2.45, 2.75) is 64.4 Å². The van der Waals surface area contributed by atoms with Gasteiger partial charge in [0.25, 0.3) is 0 Å². The summed E-state index contributed by atoms with van der Waals surface area (Å²) >= 11 is 0. The maximum atomic E-state index is 12.3. The molecule has 37 heavy (non-hydrogen) atoms. The Hall–Kier alpha value is -3.35. The van der Waals surface area contributed by atoms with Crippen LogP contribution in [0.5, 0.6) is 0 Å². The predicted molar refractivity (Wildman–Crippen MR) is 151 cm³/mol. The number of carbonyl (C=O) groups is 1. The first-order valence-electron chi connectivity index (χ1n) is 13.4. The number of aliphatic hydroxyl groups is 1. The van der Waals surface area contributed by atoms with Gasteiger partial charge in [-0.1, -0.05) is 104 Å². The van der Waals surface area contributed by atoms with E-state index in [1.54, 1.807) is 0 Å². The van der Waals surface area contributed by atoms with Gasteiger partial charge in [0.2, 0.25) is 0 Å². The number of carbonyl (C=O) groups excluding carboxylic acids is 1. The maximum absolute atomic E-state index is 12.3. The van der Waals surface area contributed by atoms with E-state index in [0.717, 1.165) is 49.7 Å². The highest BCUT2D eigenvalue weighted by molar-refractivity contribution is 5.93. The molecule has 0 heterocycles. The van der Waals surface area contributed by atoms with Crippen molar-refractivity contribution in [1.29, 1.82) is 0 Å². The Bertz CT molecular complexity index is 1220. The van der Waals surface area contributed by atoms with Crippen molar-refractivity contribution >= 4 is 12.0 Å². The molecule has 4 rings (SSSR count). The van der Waals surface area contributed by atoms with E-state index in [1.807, 2.05) is 66.7 Å². The number of rotatable bonds is 7. The molecule has 2 aromatic carbocycles. The Morgan fingerprint density at radius 1 is 1.03 bits per heavy atom. The number of ether oxygens (including phenoxy) is 1. The summed E-state index contributed by atoms with van der Waals surface area (Å²) in [7, 11) is 1.42. The van der Waals surface area contributed by atoms with Crippen molar-refractivity contribution in [2.24, 2.45) is 10.8 Å². The number of methoxy groups -OCH3 is 1. The van der Waals surface area contributed by atoms with E-state index in [4.69, 9.17) is 4.74 Å². The maximum Gasteiger partial charge on any atom is 0.338 e. The van der Waals surface area contributed by atoms with Gasteiger partial charge >= 0.3 is 5.97 Å². The molecule has 2 aliphatic rings. The van der Waals surface area contributed by atoms with Gasteiger partial charge in [0.1, 0.15) is 0 Å². The third kappa shape index (κ3) is 6.51. The first-order valence-corrected chi connectivity index (χ1v) is 13.4. The van der Waals surface area contributed by atoms with Gasteiger partial charge in [0.05, 0.1) is 18.8 Å². The van der Waals surface area contributed by atoms with E-state index in [2.05, 4.69) is 37.0 Å². The summed E-state index contributed by atoms with van der Waals surface area (Å²) in [4.78, 5) is 12.3. The minimum Gasteiger partial charge on any atom is -0.465 e. The Labute approximate surface area is 222 Å². The van der Waals surface area contributed by atoms with Crippen LogP contribution in [-0.2, 0) is 4.74 Å². The summed E-state index contributed by atoms with van der Waals surface area (Å²) in [6.45, 7) is 2.27. The molecule has 0 bridgehead atoms. The lowest BCUT2D eigenvalue weighted by atomic mass is 9.63. The topological polar surface area (TPSA) is 46.5 Å². The van der Waals surface area contributed by atoms with Crippen LogP contribution in [0.4, 0.5) is 0 Å². The lowest BCUT2D eigenvalue weighted by Gasteiger charge is -2.43. The zero-order chi connectivity index (χ0) is 26.1. The lowest BCUT2D eigenvalue weighted by Crippen LogP contribution is -2.40. The molecule has 2 saturated carbocycles. The Morgan fingerprint density at radius 2 is 1.78 bits per heavy atom. The summed E-state index contributed by atoms with van der Waals surface area (Å²) in [5, 5.41) is 11.0. The average molecular weight is 495 g/mol. The molecule has 0 saturated heterocycles. The number of allylic oxidation sites excluding steroid dienone is 4. The number of hydrogen-bond acceptors (Lipinski definition) is 3. The molecule has 192 valence electrons. The Morgan fingerprint density at radius 3 is 2.51 bits per heavy atom. The zero-order valence-electron chi connectivity index (χ0n) is 22.1. The van der Waals surface area contributed by atoms with Crippen LogP contribution in [0.25, 0.3) is 6.08 Å². The monoisotopic (exact) mass is 494 g/mol. The molecule has 0 amide bonds. The number of esters is 1. The summed E-state index contributed by atoms with van der Waals surface area (Å²) in [5.74, 6) is 6.25. The van der Waals surface area contributed by atoms with Crippen LogP contribution in [0, 0.1) is 22.7 Å².